The molecule has 0 saturated carbocycles. The zero-order valence-electron chi connectivity index (χ0n) is 16.6. The highest BCUT2D eigenvalue weighted by Crippen LogP contribution is 2.32. The molecule has 5 nitrogen and oxygen atoms in total. The summed E-state index contributed by atoms with van der Waals surface area (Å²) >= 11 is 1.45. The van der Waals surface area contributed by atoms with E-state index in [1.807, 2.05) is 26.0 Å². The van der Waals surface area contributed by atoms with Crippen LogP contribution in [0.1, 0.15) is 16.7 Å². The van der Waals surface area contributed by atoms with E-state index < -0.39 is 5.82 Å². The van der Waals surface area contributed by atoms with Gasteiger partial charge in [-0.3, -0.25) is 14.7 Å². The third-order valence-corrected chi connectivity index (χ3v) is 5.63. The number of amides is 1. The van der Waals surface area contributed by atoms with Gasteiger partial charge in [0.1, 0.15) is 0 Å². The lowest BCUT2D eigenvalue weighted by Gasteiger charge is -2.20. The number of carbonyl (C=O) groups excluding carboxylic acids is 1. The summed E-state index contributed by atoms with van der Waals surface area (Å²) in [7, 11) is 0. The highest BCUT2D eigenvalue weighted by molar-refractivity contribution is 7.22. The summed E-state index contributed by atoms with van der Waals surface area (Å²) in [5, 5.41) is 0.574. The summed E-state index contributed by atoms with van der Waals surface area (Å²) in [6, 6.07) is 13.9. The van der Waals surface area contributed by atoms with Gasteiger partial charge in [0.2, 0.25) is 0 Å². The fourth-order valence-electron chi connectivity index (χ4n) is 3.19. The second-order valence-corrected chi connectivity index (χ2v) is 7.99. The van der Waals surface area contributed by atoms with Crippen molar-refractivity contribution in [1.29, 1.82) is 0 Å². The van der Waals surface area contributed by atoms with Crippen LogP contribution in [-0.2, 0) is 11.3 Å². The van der Waals surface area contributed by atoms with Crippen LogP contribution in [0, 0.1) is 19.7 Å². The Morgan fingerprint density at radius 2 is 2.00 bits per heavy atom. The maximum Gasteiger partial charge on any atom is 0.267 e. The number of rotatable bonds is 6. The molecule has 0 fully saturated rings. The molecule has 1 amide bonds. The monoisotopic (exact) mass is 421 g/mol. The Kier molecular flexibility index (Phi) is 5.72. The van der Waals surface area contributed by atoms with E-state index in [2.05, 4.69) is 17.1 Å². The molecular weight excluding hydrogens is 401 g/mol. The van der Waals surface area contributed by atoms with Crippen molar-refractivity contribution < 1.29 is 13.9 Å². The lowest BCUT2D eigenvalue weighted by atomic mass is 10.1. The Bertz CT molecular complexity index is 1190. The fourth-order valence-corrected chi connectivity index (χ4v) is 4.35. The minimum absolute atomic E-state index is 0.0444. The third-order valence-electron chi connectivity index (χ3n) is 4.60. The van der Waals surface area contributed by atoms with E-state index in [0.717, 1.165) is 26.9 Å². The largest absolute Gasteiger partial charge is 0.481 e. The number of pyridine rings is 1. The second kappa shape index (κ2) is 8.59. The van der Waals surface area contributed by atoms with Crippen LogP contribution in [0.15, 0.2) is 60.9 Å². The lowest BCUT2D eigenvalue weighted by molar-refractivity contribution is -0.120. The summed E-state index contributed by atoms with van der Waals surface area (Å²) < 4.78 is 20.3. The number of aromatic nitrogens is 2. The first-order valence-electron chi connectivity index (χ1n) is 9.45. The Hall–Kier alpha value is -3.32. The minimum Gasteiger partial charge on any atom is -0.481 e. The maximum absolute atomic E-state index is 13.9. The molecular formula is C23H20FN3O2S. The van der Waals surface area contributed by atoms with Gasteiger partial charge in [-0.05, 0) is 54.8 Å². The zero-order chi connectivity index (χ0) is 21.1. The van der Waals surface area contributed by atoms with Gasteiger partial charge in [0, 0.05) is 12.4 Å². The predicted octanol–water partition coefficient (Wildman–Crippen LogP) is 5.06. The van der Waals surface area contributed by atoms with E-state index in [-0.39, 0.29) is 18.3 Å². The smallest absolute Gasteiger partial charge is 0.267 e. The van der Waals surface area contributed by atoms with Gasteiger partial charge in [-0.25, -0.2) is 9.37 Å². The summed E-state index contributed by atoms with van der Waals surface area (Å²) in [5.74, 6) is -0.770. The van der Waals surface area contributed by atoms with Crippen molar-refractivity contribution in [3.8, 4) is 5.75 Å². The van der Waals surface area contributed by atoms with Gasteiger partial charge in [-0.2, -0.15) is 0 Å². The normalized spacial score (nSPS) is 10.9. The first kappa shape index (κ1) is 20.0. The van der Waals surface area contributed by atoms with Crippen LogP contribution in [0.3, 0.4) is 0 Å². The number of hydrogen-bond donors (Lipinski definition) is 0. The number of ether oxygens (including phenoxy) is 1. The predicted molar refractivity (Wildman–Crippen MR) is 116 cm³/mol. The van der Waals surface area contributed by atoms with Gasteiger partial charge < -0.3 is 4.74 Å². The molecule has 0 spiro atoms. The number of nitrogens with zero attached hydrogens (tertiary/aromatic N) is 3. The number of anilines is 1. The van der Waals surface area contributed by atoms with Crippen molar-refractivity contribution in [2.45, 2.75) is 20.4 Å². The molecule has 0 aliphatic rings. The van der Waals surface area contributed by atoms with Crippen molar-refractivity contribution in [2.75, 3.05) is 11.5 Å². The molecule has 0 atom stereocenters. The van der Waals surface area contributed by atoms with E-state index in [4.69, 9.17) is 9.72 Å². The molecule has 0 aliphatic carbocycles. The lowest BCUT2D eigenvalue weighted by Crippen LogP contribution is -2.34. The Labute approximate surface area is 177 Å². The number of fused-ring (bicyclic) bond motifs is 1. The number of carbonyl (C=O) groups is 1. The standard InChI is InChI=1S/C23H20FN3O2S/c1-15-10-16(2)22-20(11-15)30-23(26-22)27(13-17-6-5-9-25-12-17)21(28)14-29-19-8-4-3-7-18(19)24/h3-12H,13-14H2,1-2H3. The van der Waals surface area contributed by atoms with E-state index in [0.29, 0.717) is 11.7 Å². The topological polar surface area (TPSA) is 55.3 Å². The molecule has 0 N–H and O–H groups in total. The van der Waals surface area contributed by atoms with Crippen LogP contribution < -0.4 is 9.64 Å². The van der Waals surface area contributed by atoms with Gasteiger partial charge >= 0.3 is 0 Å². The summed E-state index contributed by atoms with van der Waals surface area (Å²) in [6.07, 6.45) is 3.39. The van der Waals surface area contributed by atoms with Crippen molar-refractivity contribution >= 4 is 32.6 Å². The molecule has 4 aromatic rings. The van der Waals surface area contributed by atoms with Gasteiger partial charge in [0.15, 0.2) is 23.3 Å². The molecule has 0 radical (unpaired) electrons. The molecule has 0 unspecified atom stereocenters. The Morgan fingerprint density at radius 1 is 1.17 bits per heavy atom. The maximum atomic E-state index is 13.9. The van der Waals surface area contributed by atoms with Crippen LogP contribution in [0.5, 0.6) is 5.75 Å². The number of benzene rings is 2. The first-order valence-corrected chi connectivity index (χ1v) is 10.3. The SMILES string of the molecule is Cc1cc(C)c2nc(N(Cc3cccnc3)C(=O)COc3ccccc3F)sc2c1. The molecule has 152 valence electrons. The van der Waals surface area contributed by atoms with Gasteiger partial charge in [-0.15, -0.1) is 0 Å². The van der Waals surface area contributed by atoms with Gasteiger partial charge in [0.05, 0.1) is 16.8 Å². The molecule has 0 bridgehead atoms. The van der Waals surface area contributed by atoms with Crippen molar-refractivity contribution in [3.63, 3.8) is 0 Å². The van der Waals surface area contributed by atoms with E-state index in [9.17, 15) is 9.18 Å². The molecule has 0 aliphatic heterocycles. The average Bonchev–Trinajstić information content (AvgIpc) is 3.16. The Morgan fingerprint density at radius 3 is 2.77 bits per heavy atom. The zero-order valence-corrected chi connectivity index (χ0v) is 17.4. The Balaban J connectivity index is 1.65. The van der Waals surface area contributed by atoms with E-state index in [1.165, 1.54) is 23.5 Å². The van der Waals surface area contributed by atoms with Crippen LogP contribution in [0.25, 0.3) is 10.2 Å². The number of aryl methyl sites for hydroxylation is 2. The first-order chi connectivity index (χ1) is 14.5. The number of hydrogen-bond acceptors (Lipinski definition) is 5. The molecule has 2 heterocycles. The fraction of sp³-hybridized carbons (Fsp3) is 0.174. The second-order valence-electron chi connectivity index (χ2n) is 6.99. The van der Waals surface area contributed by atoms with E-state index in [1.54, 1.807) is 29.4 Å². The molecule has 4 rings (SSSR count). The number of para-hydroxylation sites is 1. The van der Waals surface area contributed by atoms with E-state index >= 15 is 0 Å². The number of halogens is 1. The van der Waals surface area contributed by atoms with Crippen LogP contribution in [0.2, 0.25) is 0 Å². The summed E-state index contributed by atoms with van der Waals surface area (Å²) in [4.78, 5) is 23.5. The molecule has 7 heteroatoms. The summed E-state index contributed by atoms with van der Waals surface area (Å²) in [5.41, 5.74) is 3.94. The highest BCUT2D eigenvalue weighted by Gasteiger charge is 2.22. The molecule has 2 aromatic heterocycles. The number of thiazole rings is 1. The third kappa shape index (κ3) is 4.31. The minimum atomic E-state index is -0.504. The molecule has 30 heavy (non-hydrogen) atoms. The van der Waals surface area contributed by atoms with Crippen molar-refractivity contribution in [2.24, 2.45) is 0 Å². The van der Waals surface area contributed by atoms with Gasteiger partial charge in [-0.1, -0.05) is 35.6 Å². The average molecular weight is 421 g/mol. The van der Waals surface area contributed by atoms with Crippen molar-refractivity contribution in [1.82, 2.24) is 9.97 Å². The molecule has 2 aromatic carbocycles. The van der Waals surface area contributed by atoms with Crippen molar-refractivity contribution in [3.05, 3.63) is 83.4 Å². The van der Waals surface area contributed by atoms with Gasteiger partial charge in [0.25, 0.3) is 5.91 Å². The quantitative estimate of drug-likeness (QED) is 0.437. The van der Waals surface area contributed by atoms with Crippen LogP contribution in [0.4, 0.5) is 9.52 Å². The highest BCUT2D eigenvalue weighted by atomic mass is 32.1. The van der Waals surface area contributed by atoms with Crippen LogP contribution >= 0.6 is 11.3 Å². The summed E-state index contributed by atoms with van der Waals surface area (Å²) in [6.45, 7) is 4.04. The molecule has 0 saturated heterocycles. The van der Waals surface area contributed by atoms with Crippen LogP contribution in [-0.4, -0.2) is 22.5 Å².